The SMILES string of the molecule is CC(CN1CCN(c2ccccc2)CC1)Nc1ccc(Cl)cc1C(N)=O. The van der Waals surface area contributed by atoms with Gasteiger partial charge in [-0.05, 0) is 37.3 Å². The second-order valence-corrected chi connectivity index (χ2v) is 7.16. The molecule has 2 aromatic carbocycles. The highest BCUT2D eigenvalue weighted by molar-refractivity contribution is 6.31. The van der Waals surface area contributed by atoms with Gasteiger partial charge in [-0.15, -0.1) is 0 Å². The van der Waals surface area contributed by atoms with Crippen molar-refractivity contribution < 1.29 is 4.79 Å². The number of hydrogen-bond acceptors (Lipinski definition) is 4. The monoisotopic (exact) mass is 372 g/mol. The first-order valence-electron chi connectivity index (χ1n) is 8.91. The zero-order chi connectivity index (χ0) is 18.5. The number of carbonyl (C=O) groups excluding carboxylic acids is 1. The van der Waals surface area contributed by atoms with Crippen LogP contribution in [0.25, 0.3) is 0 Å². The average Bonchev–Trinajstić information content (AvgIpc) is 2.64. The number of para-hydroxylation sites is 1. The third-order valence-electron chi connectivity index (χ3n) is 4.67. The number of benzene rings is 2. The van der Waals surface area contributed by atoms with E-state index in [4.69, 9.17) is 17.3 Å². The van der Waals surface area contributed by atoms with Crippen molar-refractivity contribution in [2.75, 3.05) is 42.9 Å². The molecule has 3 rings (SSSR count). The lowest BCUT2D eigenvalue weighted by Gasteiger charge is -2.37. The van der Waals surface area contributed by atoms with Crippen LogP contribution in [0.4, 0.5) is 11.4 Å². The maximum atomic E-state index is 11.6. The van der Waals surface area contributed by atoms with E-state index in [1.165, 1.54) is 5.69 Å². The Labute approximate surface area is 159 Å². The van der Waals surface area contributed by atoms with Crippen LogP contribution in [0.3, 0.4) is 0 Å². The molecule has 0 spiro atoms. The van der Waals surface area contributed by atoms with Crippen LogP contribution >= 0.6 is 11.6 Å². The van der Waals surface area contributed by atoms with Crippen molar-refractivity contribution in [1.82, 2.24) is 4.90 Å². The van der Waals surface area contributed by atoms with Crippen LogP contribution in [0.1, 0.15) is 17.3 Å². The van der Waals surface area contributed by atoms with Gasteiger partial charge >= 0.3 is 0 Å². The van der Waals surface area contributed by atoms with E-state index in [0.717, 1.165) is 38.4 Å². The molecule has 0 aliphatic carbocycles. The molecule has 1 unspecified atom stereocenters. The molecular weight excluding hydrogens is 348 g/mol. The molecule has 0 saturated carbocycles. The van der Waals surface area contributed by atoms with Crippen LogP contribution < -0.4 is 16.0 Å². The predicted molar refractivity (Wildman–Crippen MR) is 108 cm³/mol. The lowest BCUT2D eigenvalue weighted by Crippen LogP contribution is -2.49. The number of rotatable bonds is 6. The number of anilines is 2. The summed E-state index contributed by atoms with van der Waals surface area (Å²) in [6, 6.07) is 15.9. The molecule has 3 N–H and O–H groups in total. The van der Waals surface area contributed by atoms with Crippen LogP contribution in [-0.2, 0) is 0 Å². The molecule has 6 heteroatoms. The van der Waals surface area contributed by atoms with Gasteiger partial charge in [-0.1, -0.05) is 29.8 Å². The van der Waals surface area contributed by atoms with Crippen molar-refractivity contribution in [1.29, 1.82) is 0 Å². The number of nitrogens with two attached hydrogens (primary N) is 1. The van der Waals surface area contributed by atoms with Gasteiger partial charge in [0, 0.05) is 55.2 Å². The summed E-state index contributed by atoms with van der Waals surface area (Å²) in [6.45, 7) is 7.09. The lowest BCUT2D eigenvalue weighted by atomic mass is 10.1. The molecular formula is C20H25ClN4O. The first-order valence-corrected chi connectivity index (χ1v) is 9.29. The van der Waals surface area contributed by atoms with Crippen LogP contribution in [-0.4, -0.2) is 49.6 Å². The summed E-state index contributed by atoms with van der Waals surface area (Å²) in [4.78, 5) is 16.5. The molecule has 1 saturated heterocycles. The highest BCUT2D eigenvalue weighted by Gasteiger charge is 2.19. The second kappa shape index (κ2) is 8.43. The standard InChI is InChI=1S/C20H25ClN4O/c1-15(23-19-8-7-16(21)13-18(19)20(22)26)14-24-9-11-25(12-10-24)17-5-3-2-4-6-17/h2-8,13,15,23H,9-12,14H2,1H3,(H2,22,26). The summed E-state index contributed by atoms with van der Waals surface area (Å²) in [6.07, 6.45) is 0. The van der Waals surface area contributed by atoms with Gasteiger partial charge < -0.3 is 16.0 Å². The Hall–Kier alpha value is -2.24. The van der Waals surface area contributed by atoms with E-state index < -0.39 is 5.91 Å². The van der Waals surface area contributed by atoms with Crippen molar-refractivity contribution in [3.05, 3.63) is 59.1 Å². The molecule has 26 heavy (non-hydrogen) atoms. The minimum absolute atomic E-state index is 0.192. The Morgan fingerprint density at radius 3 is 2.50 bits per heavy atom. The molecule has 0 radical (unpaired) electrons. The fraction of sp³-hybridized carbons (Fsp3) is 0.350. The number of nitrogens with zero attached hydrogens (tertiary/aromatic N) is 2. The lowest BCUT2D eigenvalue weighted by molar-refractivity contribution is 0.100. The summed E-state index contributed by atoms with van der Waals surface area (Å²) in [5.74, 6) is -0.473. The summed E-state index contributed by atoms with van der Waals surface area (Å²) in [5.41, 5.74) is 7.91. The van der Waals surface area contributed by atoms with E-state index >= 15 is 0 Å². The predicted octanol–water partition coefficient (Wildman–Crippen LogP) is 3.06. The number of piperazine rings is 1. The second-order valence-electron chi connectivity index (χ2n) is 6.72. The van der Waals surface area contributed by atoms with Crippen molar-refractivity contribution in [2.24, 2.45) is 5.73 Å². The minimum Gasteiger partial charge on any atom is -0.381 e. The Morgan fingerprint density at radius 1 is 1.15 bits per heavy atom. The zero-order valence-electron chi connectivity index (χ0n) is 15.0. The van der Waals surface area contributed by atoms with Crippen LogP contribution in [0.15, 0.2) is 48.5 Å². The van der Waals surface area contributed by atoms with Crippen molar-refractivity contribution in [2.45, 2.75) is 13.0 Å². The Balaban J connectivity index is 1.54. The summed E-state index contributed by atoms with van der Waals surface area (Å²) in [7, 11) is 0. The van der Waals surface area contributed by atoms with Gasteiger partial charge in [-0.2, -0.15) is 0 Å². The van der Waals surface area contributed by atoms with E-state index in [2.05, 4.69) is 46.3 Å². The van der Waals surface area contributed by atoms with E-state index in [1.807, 2.05) is 12.1 Å². The molecule has 1 atom stereocenters. The van der Waals surface area contributed by atoms with Gasteiger partial charge in [0.2, 0.25) is 0 Å². The van der Waals surface area contributed by atoms with Gasteiger partial charge in [0.05, 0.1) is 5.56 Å². The van der Waals surface area contributed by atoms with E-state index in [-0.39, 0.29) is 6.04 Å². The average molecular weight is 373 g/mol. The van der Waals surface area contributed by atoms with Crippen molar-refractivity contribution in [3.8, 4) is 0 Å². The summed E-state index contributed by atoms with van der Waals surface area (Å²) >= 11 is 5.97. The maximum Gasteiger partial charge on any atom is 0.250 e. The van der Waals surface area contributed by atoms with Gasteiger partial charge in [0.25, 0.3) is 5.91 Å². The van der Waals surface area contributed by atoms with Gasteiger partial charge in [-0.3, -0.25) is 9.69 Å². The molecule has 5 nitrogen and oxygen atoms in total. The van der Waals surface area contributed by atoms with Crippen LogP contribution in [0.2, 0.25) is 5.02 Å². The van der Waals surface area contributed by atoms with Crippen LogP contribution in [0, 0.1) is 0 Å². The van der Waals surface area contributed by atoms with Crippen LogP contribution in [0.5, 0.6) is 0 Å². The Bertz CT molecular complexity index is 745. The minimum atomic E-state index is -0.473. The number of nitrogens with one attached hydrogen (secondary N) is 1. The maximum absolute atomic E-state index is 11.6. The number of primary amides is 1. The number of halogens is 1. The van der Waals surface area contributed by atoms with Gasteiger partial charge in [0.1, 0.15) is 0 Å². The molecule has 1 heterocycles. The highest BCUT2D eigenvalue weighted by Crippen LogP contribution is 2.21. The third kappa shape index (κ3) is 4.68. The molecule has 0 aromatic heterocycles. The van der Waals surface area contributed by atoms with E-state index in [1.54, 1.807) is 12.1 Å². The van der Waals surface area contributed by atoms with Gasteiger partial charge in [-0.25, -0.2) is 0 Å². The Kier molecular flexibility index (Phi) is 6.01. The normalized spacial score (nSPS) is 16.3. The number of amides is 1. The zero-order valence-corrected chi connectivity index (χ0v) is 15.7. The first-order chi connectivity index (χ1) is 12.5. The molecule has 138 valence electrons. The van der Waals surface area contributed by atoms with E-state index in [0.29, 0.717) is 10.6 Å². The van der Waals surface area contributed by atoms with E-state index in [9.17, 15) is 4.79 Å². The first kappa shape index (κ1) is 18.5. The molecule has 1 fully saturated rings. The van der Waals surface area contributed by atoms with Crippen molar-refractivity contribution >= 4 is 28.9 Å². The fourth-order valence-electron chi connectivity index (χ4n) is 3.37. The Morgan fingerprint density at radius 2 is 1.85 bits per heavy atom. The quantitative estimate of drug-likeness (QED) is 0.818. The number of carbonyl (C=O) groups is 1. The molecule has 1 amide bonds. The topological polar surface area (TPSA) is 61.6 Å². The molecule has 1 aliphatic rings. The molecule has 1 aliphatic heterocycles. The van der Waals surface area contributed by atoms with Gasteiger partial charge in [0.15, 0.2) is 0 Å². The summed E-state index contributed by atoms with van der Waals surface area (Å²) < 4.78 is 0. The molecule has 0 bridgehead atoms. The third-order valence-corrected chi connectivity index (χ3v) is 4.91. The summed E-state index contributed by atoms with van der Waals surface area (Å²) in [5, 5.41) is 3.90. The molecule has 2 aromatic rings. The van der Waals surface area contributed by atoms with Crippen molar-refractivity contribution in [3.63, 3.8) is 0 Å². The highest BCUT2D eigenvalue weighted by atomic mass is 35.5. The smallest absolute Gasteiger partial charge is 0.250 e. The number of hydrogen-bond donors (Lipinski definition) is 2. The largest absolute Gasteiger partial charge is 0.381 e. The fourth-order valence-corrected chi connectivity index (χ4v) is 3.54.